The number of rotatable bonds is 3. The van der Waals surface area contributed by atoms with Crippen LogP contribution in [0.4, 0.5) is 4.79 Å². The second-order valence-corrected chi connectivity index (χ2v) is 5.85. The molecule has 0 aliphatic carbocycles. The van der Waals surface area contributed by atoms with Gasteiger partial charge in [-0.1, -0.05) is 18.2 Å². The highest BCUT2D eigenvalue weighted by Crippen LogP contribution is 2.25. The Kier molecular flexibility index (Phi) is 4.18. The molecule has 1 aromatic rings. The van der Waals surface area contributed by atoms with Gasteiger partial charge in [-0.2, -0.15) is 0 Å². The summed E-state index contributed by atoms with van der Waals surface area (Å²) in [7, 11) is 0. The van der Waals surface area contributed by atoms with Gasteiger partial charge in [0.15, 0.2) is 0 Å². The zero-order chi connectivity index (χ0) is 16.4. The molecule has 2 atom stereocenters. The monoisotopic (exact) mass is 318 g/mol. The lowest BCUT2D eigenvalue weighted by molar-refractivity contribution is -0.141. The molecule has 0 radical (unpaired) electrons. The topological polar surface area (TPSA) is 87.2 Å². The fraction of sp³-hybridized carbons (Fsp3) is 0.438. The molecule has 0 aromatic heterocycles. The number of carbonyl (C=O) groups is 3. The van der Waals surface area contributed by atoms with Gasteiger partial charge in [-0.3, -0.25) is 9.59 Å². The third kappa shape index (κ3) is 3.28. The first-order valence-corrected chi connectivity index (χ1v) is 7.58. The summed E-state index contributed by atoms with van der Waals surface area (Å²) in [5, 5.41) is 9.03. The lowest BCUT2D eigenvalue weighted by Crippen LogP contribution is -2.40. The largest absolute Gasteiger partial charge is 0.481 e. The standard InChI is InChI=1S/C16H18N2O5/c19-14-8-11(15(20)21)9-18(14)12-6-7-17(10-12)16(22)23-13-4-2-1-3-5-13/h1-5,11-12H,6-10H2,(H,20,21). The van der Waals surface area contributed by atoms with E-state index in [0.29, 0.717) is 25.3 Å². The average Bonchev–Trinajstić information content (AvgIpc) is 3.14. The Hall–Kier alpha value is -2.57. The highest BCUT2D eigenvalue weighted by atomic mass is 16.6. The van der Waals surface area contributed by atoms with Crippen LogP contribution in [0.15, 0.2) is 30.3 Å². The van der Waals surface area contributed by atoms with Crippen LogP contribution in [-0.2, 0) is 9.59 Å². The molecule has 2 heterocycles. The molecule has 2 fully saturated rings. The van der Waals surface area contributed by atoms with E-state index in [0.717, 1.165) is 0 Å². The molecule has 2 unspecified atom stereocenters. The highest BCUT2D eigenvalue weighted by Gasteiger charge is 2.41. The number of benzene rings is 1. The van der Waals surface area contributed by atoms with Crippen molar-refractivity contribution < 1.29 is 24.2 Å². The molecule has 0 spiro atoms. The molecule has 2 aliphatic rings. The molecule has 0 saturated carbocycles. The van der Waals surface area contributed by atoms with Gasteiger partial charge < -0.3 is 19.6 Å². The van der Waals surface area contributed by atoms with Gasteiger partial charge in [0.2, 0.25) is 5.91 Å². The highest BCUT2D eigenvalue weighted by molar-refractivity contribution is 5.86. The van der Waals surface area contributed by atoms with E-state index in [1.54, 1.807) is 34.1 Å². The minimum absolute atomic E-state index is 0.0420. The van der Waals surface area contributed by atoms with Crippen LogP contribution in [0.3, 0.4) is 0 Å². The van der Waals surface area contributed by atoms with Crippen LogP contribution in [0.1, 0.15) is 12.8 Å². The van der Waals surface area contributed by atoms with Gasteiger partial charge >= 0.3 is 12.1 Å². The SMILES string of the molecule is O=C(O)C1CC(=O)N(C2CCN(C(=O)Oc3ccccc3)C2)C1. The van der Waals surface area contributed by atoms with Gasteiger partial charge in [0, 0.05) is 26.1 Å². The molecule has 3 rings (SSSR count). The Bertz CT molecular complexity index is 618. The van der Waals surface area contributed by atoms with Crippen molar-refractivity contribution in [1.29, 1.82) is 0 Å². The molecule has 1 aromatic carbocycles. The number of carboxylic acids is 1. The normalized spacial score (nSPS) is 24.1. The van der Waals surface area contributed by atoms with Crippen molar-refractivity contribution in [3.8, 4) is 5.75 Å². The van der Waals surface area contributed by atoms with E-state index in [1.165, 1.54) is 0 Å². The van der Waals surface area contributed by atoms with Crippen LogP contribution >= 0.6 is 0 Å². The van der Waals surface area contributed by atoms with Crippen LogP contribution in [0, 0.1) is 5.92 Å². The molecule has 7 nitrogen and oxygen atoms in total. The molecule has 0 bridgehead atoms. The summed E-state index contributed by atoms with van der Waals surface area (Å²) in [5.74, 6) is -1.27. The van der Waals surface area contributed by atoms with Gasteiger partial charge in [0.1, 0.15) is 5.75 Å². The maximum Gasteiger partial charge on any atom is 0.415 e. The van der Waals surface area contributed by atoms with E-state index >= 15 is 0 Å². The maximum absolute atomic E-state index is 12.1. The van der Waals surface area contributed by atoms with Crippen molar-refractivity contribution in [2.75, 3.05) is 19.6 Å². The summed E-state index contributed by atoms with van der Waals surface area (Å²) in [6.07, 6.45) is 0.238. The number of aliphatic carboxylic acids is 1. The lowest BCUT2D eigenvalue weighted by atomic mass is 10.1. The predicted octanol–water partition coefficient (Wildman–Crippen LogP) is 1.19. The van der Waals surface area contributed by atoms with Gasteiger partial charge in [0.25, 0.3) is 0 Å². The Balaban J connectivity index is 1.57. The molecule has 2 saturated heterocycles. The number of likely N-dealkylation sites (tertiary alicyclic amines) is 2. The molecule has 7 heteroatoms. The number of carbonyl (C=O) groups excluding carboxylic acids is 2. The average molecular weight is 318 g/mol. The van der Waals surface area contributed by atoms with E-state index in [2.05, 4.69) is 0 Å². The molecule has 2 aliphatic heterocycles. The van der Waals surface area contributed by atoms with Crippen molar-refractivity contribution in [1.82, 2.24) is 9.80 Å². The summed E-state index contributed by atoms with van der Waals surface area (Å²) in [4.78, 5) is 38.3. The van der Waals surface area contributed by atoms with Crippen LogP contribution in [0.5, 0.6) is 5.75 Å². The Morgan fingerprint density at radius 1 is 1.17 bits per heavy atom. The number of carboxylic acid groups (broad SMARTS) is 1. The van der Waals surface area contributed by atoms with Gasteiger partial charge in [-0.15, -0.1) is 0 Å². The van der Waals surface area contributed by atoms with E-state index in [4.69, 9.17) is 9.84 Å². The fourth-order valence-electron chi connectivity index (χ4n) is 3.07. The first-order chi connectivity index (χ1) is 11.0. The molecule has 1 N–H and O–H groups in total. The zero-order valence-corrected chi connectivity index (χ0v) is 12.6. The number of nitrogens with zero attached hydrogens (tertiary/aromatic N) is 2. The number of hydrogen-bond acceptors (Lipinski definition) is 4. The van der Waals surface area contributed by atoms with E-state index in [9.17, 15) is 14.4 Å². The van der Waals surface area contributed by atoms with Crippen molar-refractivity contribution in [3.05, 3.63) is 30.3 Å². The third-order valence-corrected chi connectivity index (χ3v) is 4.32. The minimum Gasteiger partial charge on any atom is -0.481 e. The molecule has 2 amide bonds. The lowest BCUT2D eigenvalue weighted by Gasteiger charge is -2.24. The Morgan fingerprint density at radius 2 is 1.91 bits per heavy atom. The van der Waals surface area contributed by atoms with Crippen LogP contribution < -0.4 is 4.74 Å². The minimum atomic E-state index is -0.945. The number of hydrogen-bond donors (Lipinski definition) is 1. The van der Waals surface area contributed by atoms with Crippen molar-refractivity contribution in [3.63, 3.8) is 0 Å². The molecule has 122 valence electrons. The summed E-state index contributed by atoms with van der Waals surface area (Å²) >= 11 is 0. The predicted molar refractivity (Wildman–Crippen MR) is 79.9 cm³/mol. The third-order valence-electron chi connectivity index (χ3n) is 4.32. The van der Waals surface area contributed by atoms with Crippen molar-refractivity contribution in [2.45, 2.75) is 18.9 Å². The van der Waals surface area contributed by atoms with Crippen molar-refractivity contribution in [2.24, 2.45) is 5.92 Å². The summed E-state index contributed by atoms with van der Waals surface area (Å²) in [5.41, 5.74) is 0. The molecular weight excluding hydrogens is 300 g/mol. The van der Waals surface area contributed by atoms with Gasteiger partial charge in [0.05, 0.1) is 12.0 Å². The summed E-state index contributed by atoms with van der Waals surface area (Å²) < 4.78 is 5.28. The summed E-state index contributed by atoms with van der Waals surface area (Å²) in [6, 6.07) is 8.67. The molecule has 23 heavy (non-hydrogen) atoms. The number of ether oxygens (including phenoxy) is 1. The van der Waals surface area contributed by atoms with E-state index in [1.807, 2.05) is 6.07 Å². The summed E-state index contributed by atoms with van der Waals surface area (Å²) in [6.45, 7) is 1.10. The Morgan fingerprint density at radius 3 is 2.57 bits per heavy atom. The molecular formula is C16H18N2O5. The van der Waals surface area contributed by atoms with E-state index in [-0.39, 0.29) is 24.9 Å². The van der Waals surface area contributed by atoms with Crippen LogP contribution in [0.25, 0.3) is 0 Å². The van der Waals surface area contributed by atoms with Gasteiger partial charge in [-0.05, 0) is 18.6 Å². The fourth-order valence-corrected chi connectivity index (χ4v) is 3.07. The second-order valence-electron chi connectivity index (χ2n) is 5.85. The quantitative estimate of drug-likeness (QED) is 0.904. The van der Waals surface area contributed by atoms with Crippen LogP contribution in [-0.4, -0.2) is 58.6 Å². The first-order valence-electron chi connectivity index (χ1n) is 7.58. The number of para-hydroxylation sites is 1. The van der Waals surface area contributed by atoms with Crippen LogP contribution in [0.2, 0.25) is 0 Å². The second kappa shape index (κ2) is 6.28. The number of amides is 2. The first kappa shape index (κ1) is 15.3. The van der Waals surface area contributed by atoms with E-state index < -0.39 is 18.0 Å². The van der Waals surface area contributed by atoms with Crippen molar-refractivity contribution >= 4 is 18.0 Å². The Labute approximate surface area is 133 Å². The smallest absolute Gasteiger partial charge is 0.415 e. The maximum atomic E-state index is 12.1. The zero-order valence-electron chi connectivity index (χ0n) is 12.6. The van der Waals surface area contributed by atoms with Gasteiger partial charge in [-0.25, -0.2) is 4.79 Å².